The molecule has 0 radical (unpaired) electrons. The van der Waals surface area contributed by atoms with Gasteiger partial charge in [-0.2, -0.15) is 0 Å². The molecular weight excluding hydrogens is 238 g/mol. The Morgan fingerprint density at radius 3 is 2.28 bits per heavy atom. The van der Waals surface area contributed by atoms with E-state index >= 15 is 0 Å². The maximum absolute atomic E-state index is 13.9. The molecule has 0 fully saturated rings. The highest BCUT2D eigenvalue weighted by Crippen LogP contribution is 2.44. The van der Waals surface area contributed by atoms with Crippen LogP contribution in [0.25, 0.3) is 0 Å². The van der Waals surface area contributed by atoms with E-state index in [1.165, 1.54) is 6.08 Å². The zero-order valence-electron chi connectivity index (χ0n) is 11.2. The number of hydrogen-bond donors (Lipinski definition) is 1. The molecule has 0 saturated carbocycles. The van der Waals surface area contributed by atoms with Crippen LogP contribution in [0.1, 0.15) is 34.1 Å². The molecule has 4 heteroatoms. The SMILES string of the molecule is CC(C)C1=CC(F)=C(F)C(C(C)C)C1CC(=O)O. The monoisotopic (exact) mass is 258 g/mol. The Labute approximate surface area is 106 Å². The molecule has 0 spiro atoms. The first-order valence-electron chi connectivity index (χ1n) is 6.24. The number of carboxylic acids is 1. The normalized spacial score (nSPS) is 24.8. The van der Waals surface area contributed by atoms with Crippen molar-refractivity contribution < 1.29 is 18.7 Å². The van der Waals surface area contributed by atoms with Gasteiger partial charge in [0.15, 0.2) is 5.83 Å². The van der Waals surface area contributed by atoms with E-state index in [1.807, 2.05) is 13.8 Å². The standard InChI is InChI=1S/C14H20F2O2/c1-7(2)9-5-11(15)14(16)13(8(3)4)10(9)6-12(17)18/h5,7-8,10,13H,6H2,1-4H3,(H,17,18). The zero-order chi connectivity index (χ0) is 14.0. The van der Waals surface area contributed by atoms with Crippen molar-refractivity contribution in [3.63, 3.8) is 0 Å². The van der Waals surface area contributed by atoms with Crippen molar-refractivity contribution in [3.05, 3.63) is 23.3 Å². The Bertz CT molecular complexity index is 395. The van der Waals surface area contributed by atoms with E-state index in [4.69, 9.17) is 5.11 Å². The van der Waals surface area contributed by atoms with Crippen LogP contribution < -0.4 is 0 Å². The highest BCUT2D eigenvalue weighted by atomic mass is 19.2. The van der Waals surface area contributed by atoms with Gasteiger partial charge in [-0.1, -0.05) is 33.3 Å². The molecule has 0 amide bonds. The molecular formula is C14H20F2O2. The Hall–Kier alpha value is -1.19. The van der Waals surface area contributed by atoms with Gasteiger partial charge < -0.3 is 5.11 Å². The minimum Gasteiger partial charge on any atom is -0.481 e. The summed E-state index contributed by atoms with van der Waals surface area (Å²) in [6, 6.07) is 0. The number of carbonyl (C=O) groups is 1. The lowest BCUT2D eigenvalue weighted by atomic mass is 9.71. The number of halogens is 2. The van der Waals surface area contributed by atoms with E-state index in [9.17, 15) is 13.6 Å². The van der Waals surface area contributed by atoms with E-state index < -0.39 is 29.5 Å². The molecule has 0 aliphatic heterocycles. The summed E-state index contributed by atoms with van der Waals surface area (Å²) in [5.41, 5.74) is 0.690. The average Bonchev–Trinajstić information content (AvgIpc) is 2.21. The summed E-state index contributed by atoms with van der Waals surface area (Å²) in [7, 11) is 0. The molecule has 1 N–H and O–H groups in total. The van der Waals surface area contributed by atoms with E-state index in [0.717, 1.165) is 0 Å². The quantitative estimate of drug-likeness (QED) is 0.824. The summed E-state index contributed by atoms with van der Waals surface area (Å²) in [4.78, 5) is 10.9. The van der Waals surface area contributed by atoms with E-state index in [0.29, 0.717) is 5.57 Å². The fourth-order valence-electron chi connectivity index (χ4n) is 2.65. The maximum atomic E-state index is 13.9. The Balaban J connectivity index is 3.22. The predicted octanol–water partition coefficient (Wildman–Crippen LogP) is 4.10. The molecule has 2 nitrogen and oxygen atoms in total. The van der Waals surface area contributed by atoms with Crippen molar-refractivity contribution in [2.24, 2.45) is 23.7 Å². The first-order valence-corrected chi connectivity index (χ1v) is 6.24. The summed E-state index contributed by atoms with van der Waals surface area (Å²) in [5, 5.41) is 8.96. The van der Waals surface area contributed by atoms with Crippen molar-refractivity contribution in [2.45, 2.75) is 34.1 Å². The summed E-state index contributed by atoms with van der Waals surface area (Å²) >= 11 is 0. The second-order valence-electron chi connectivity index (χ2n) is 5.47. The Kier molecular flexibility index (Phi) is 4.65. The fraction of sp³-hybridized carbons (Fsp3) is 0.643. The van der Waals surface area contributed by atoms with Gasteiger partial charge in [0.2, 0.25) is 0 Å². The van der Waals surface area contributed by atoms with Crippen LogP contribution >= 0.6 is 0 Å². The van der Waals surface area contributed by atoms with Crippen molar-refractivity contribution in [3.8, 4) is 0 Å². The summed E-state index contributed by atoms with van der Waals surface area (Å²) in [6.07, 6.45) is 1.01. The molecule has 0 bridgehead atoms. The van der Waals surface area contributed by atoms with Crippen molar-refractivity contribution in [2.75, 3.05) is 0 Å². The van der Waals surface area contributed by atoms with Gasteiger partial charge >= 0.3 is 5.97 Å². The van der Waals surface area contributed by atoms with Gasteiger partial charge in [-0.3, -0.25) is 4.79 Å². The molecule has 2 atom stereocenters. The van der Waals surface area contributed by atoms with Crippen molar-refractivity contribution in [1.29, 1.82) is 0 Å². The maximum Gasteiger partial charge on any atom is 0.303 e. The van der Waals surface area contributed by atoms with E-state index in [1.54, 1.807) is 13.8 Å². The average molecular weight is 258 g/mol. The topological polar surface area (TPSA) is 37.3 Å². The highest BCUT2D eigenvalue weighted by molar-refractivity contribution is 5.68. The third-order valence-corrected chi connectivity index (χ3v) is 3.46. The van der Waals surface area contributed by atoms with Gasteiger partial charge in [0, 0.05) is 11.8 Å². The largest absolute Gasteiger partial charge is 0.481 e. The highest BCUT2D eigenvalue weighted by Gasteiger charge is 2.38. The van der Waals surface area contributed by atoms with E-state index in [-0.39, 0.29) is 18.3 Å². The Morgan fingerprint density at radius 1 is 1.33 bits per heavy atom. The van der Waals surface area contributed by atoms with E-state index in [2.05, 4.69) is 0 Å². The summed E-state index contributed by atoms with van der Waals surface area (Å²) in [5.74, 6) is -3.89. The Morgan fingerprint density at radius 2 is 1.89 bits per heavy atom. The lowest BCUT2D eigenvalue weighted by Gasteiger charge is -2.34. The molecule has 1 aliphatic carbocycles. The minimum atomic E-state index is -0.979. The summed E-state index contributed by atoms with van der Waals surface area (Å²) in [6.45, 7) is 7.31. The second-order valence-corrected chi connectivity index (χ2v) is 5.47. The lowest BCUT2D eigenvalue weighted by Crippen LogP contribution is -2.29. The summed E-state index contributed by atoms with van der Waals surface area (Å²) < 4.78 is 27.5. The minimum absolute atomic E-state index is 0.00875. The van der Waals surface area contributed by atoms with Crippen molar-refractivity contribution >= 4 is 5.97 Å². The van der Waals surface area contributed by atoms with Gasteiger partial charge in [0.05, 0.1) is 6.42 Å². The molecule has 0 aromatic carbocycles. The third-order valence-electron chi connectivity index (χ3n) is 3.46. The number of allylic oxidation sites excluding steroid dienone is 4. The van der Waals surface area contributed by atoms with Crippen LogP contribution in [0.5, 0.6) is 0 Å². The molecule has 0 aromatic heterocycles. The van der Waals surface area contributed by atoms with Crippen LogP contribution in [0.3, 0.4) is 0 Å². The number of rotatable bonds is 4. The van der Waals surface area contributed by atoms with Crippen LogP contribution in [-0.2, 0) is 4.79 Å². The zero-order valence-corrected chi connectivity index (χ0v) is 11.2. The molecule has 0 saturated heterocycles. The van der Waals surface area contributed by atoms with Crippen LogP contribution in [0, 0.1) is 23.7 Å². The molecule has 0 heterocycles. The molecule has 18 heavy (non-hydrogen) atoms. The van der Waals surface area contributed by atoms with Crippen LogP contribution in [0.2, 0.25) is 0 Å². The van der Waals surface area contributed by atoms with Gasteiger partial charge in [-0.15, -0.1) is 0 Å². The smallest absolute Gasteiger partial charge is 0.303 e. The predicted molar refractivity (Wildman–Crippen MR) is 66.2 cm³/mol. The van der Waals surface area contributed by atoms with Crippen LogP contribution in [0.4, 0.5) is 8.78 Å². The number of aliphatic carboxylic acids is 1. The van der Waals surface area contributed by atoms with Crippen LogP contribution in [0.15, 0.2) is 23.3 Å². The fourth-order valence-corrected chi connectivity index (χ4v) is 2.65. The molecule has 0 aromatic rings. The molecule has 2 unspecified atom stereocenters. The van der Waals surface area contributed by atoms with Gasteiger partial charge in [0.25, 0.3) is 0 Å². The van der Waals surface area contributed by atoms with Gasteiger partial charge in [-0.25, -0.2) is 8.78 Å². The number of hydrogen-bond acceptors (Lipinski definition) is 1. The first-order chi connectivity index (χ1) is 8.25. The third kappa shape index (κ3) is 2.98. The second kappa shape index (κ2) is 5.63. The first kappa shape index (κ1) is 14.9. The molecule has 102 valence electrons. The van der Waals surface area contributed by atoms with Gasteiger partial charge in [-0.05, 0) is 17.9 Å². The molecule has 1 aliphatic rings. The number of carboxylic acid groups (broad SMARTS) is 1. The van der Waals surface area contributed by atoms with Gasteiger partial charge in [0.1, 0.15) is 5.83 Å². The molecule has 1 rings (SSSR count). The van der Waals surface area contributed by atoms with Crippen molar-refractivity contribution in [1.82, 2.24) is 0 Å². The van der Waals surface area contributed by atoms with Crippen LogP contribution in [-0.4, -0.2) is 11.1 Å². The lowest BCUT2D eigenvalue weighted by molar-refractivity contribution is -0.138.